The number of nitrogens with zero attached hydrogens (tertiary/aromatic N) is 2. The highest BCUT2D eigenvalue weighted by Crippen LogP contribution is 2.36. The quantitative estimate of drug-likeness (QED) is 0.270. The fraction of sp³-hybridized carbons (Fsp3) is 0.333. The second-order valence-electron chi connectivity index (χ2n) is 7.04. The van der Waals surface area contributed by atoms with Crippen molar-refractivity contribution in [2.45, 2.75) is 33.2 Å². The molecule has 194 valence electrons. The molecule has 0 aromatic carbocycles. The minimum atomic E-state index is -3.19. The molecule has 0 bridgehead atoms. The van der Waals surface area contributed by atoms with Gasteiger partial charge in [-0.3, -0.25) is 9.48 Å². The van der Waals surface area contributed by atoms with Gasteiger partial charge in [-0.2, -0.15) is 5.10 Å². The lowest BCUT2D eigenvalue weighted by atomic mass is 10.1. The van der Waals surface area contributed by atoms with Gasteiger partial charge in [0.05, 0.1) is 30.8 Å². The molecule has 1 amide bonds. The number of nitrogens with one attached hydrogen (secondary N) is 1. The van der Waals surface area contributed by atoms with Crippen LogP contribution in [0.1, 0.15) is 73.1 Å². The largest absolute Gasteiger partial charge is 0.465 e. The molecule has 3 heterocycles. The Balaban J connectivity index is 1.87. The lowest BCUT2D eigenvalue weighted by Crippen LogP contribution is -2.14. The van der Waals surface area contributed by atoms with Crippen LogP contribution in [-0.2, 0) is 16.0 Å². The van der Waals surface area contributed by atoms with Crippen molar-refractivity contribution in [1.82, 2.24) is 9.78 Å². The van der Waals surface area contributed by atoms with Gasteiger partial charge in [0, 0.05) is 0 Å². The van der Waals surface area contributed by atoms with Crippen molar-refractivity contribution in [2.24, 2.45) is 0 Å². The summed E-state index contributed by atoms with van der Waals surface area (Å²) in [5.74, 6) is -2.70. The lowest BCUT2D eigenvalue weighted by Gasteiger charge is -2.06. The molecular formula is C21H18ClF4N3O6S. The number of furan rings is 1. The molecule has 0 spiro atoms. The van der Waals surface area contributed by atoms with Crippen molar-refractivity contribution in [3.8, 4) is 0 Å². The molecule has 1 N–H and O–H groups in total. The Labute approximate surface area is 209 Å². The molecule has 0 radical (unpaired) electrons. The number of hydrogen-bond donors (Lipinski definition) is 1. The first-order valence-electron chi connectivity index (χ1n) is 10.1. The Morgan fingerprint density at radius 1 is 1.19 bits per heavy atom. The van der Waals surface area contributed by atoms with Gasteiger partial charge in [0.15, 0.2) is 5.76 Å². The van der Waals surface area contributed by atoms with E-state index in [1.54, 1.807) is 6.92 Å². The van der Waals surface area contributed by atoms with Crippen LogP contribution in [-0.4, -0.2) is 41.3 Å². The highest BCUT2D eigenvalue weighted by molar-refractivity contribution is 7.18. The lowest BCUT2D eigenvalue weighted by molar-refractivity contribution is 0.0531. The molecule has 36 heavy (non-hydrogen) atoms. The van der Waals surface area contributed by atoms with Gasteiger partial charge in [-0.05, 0) is 31.5 Å². The second-order valence-corrected chi connectivity index (χ2v) is 8.43. The highest BCUT2D eigenvalue weighted by Gasteiger charge is 2.30. The summed E-state index contributed by atoms with van der Waals surface area (Å²) in [5, 5.41) is 5.02. The molecule has 0 aliphatic rings. The molecule has 3 aromatic rings. The van der Waals surface area contributed by atoms with Crippen LogP contribution in [0.25, 0.3) is 0 Å². The van der Waals surface area contributed by atoms with Gasteiger partial charge in [-0.25, -0.2) is 27.2 Å². The molecule has 15 heteroatoms. The number of methoxy groups -OCH3 is 1. The van der Waals surface area contributed by atoms with Gasteiger partial charge in [-0.15, -0.1) is 11.3 Å². The number of alkyl halides is 4. The predicted octanol–water partition coefficient (Wildman–Crippen LogP) is 5.64. The first-order chi connectivity index (χ1) is 17.0. The number of esters is 2. The van der Waals surface area contributed by atoms with E-state index in [4.69, 9.17) is 25.5 Å². The topological polar surface area (TPSA) is 113 Å². The average molecular weight is 552 g/mol. The Morgan fingerprint density at radius 2 is 1.89 bits per heavy atom. The highest BCUT2D eigenvalue weighted by atomic mass is 35.5. The van der Waals surface area contributed by atoms with Crippen LogP contribution in [0.4, 0.5) is 22.6 Å². The Kier molecular flexibility index (Phi) is 8.40. The minimum absolute atomic E-state index is 0.00854. The van der Waals surface area contributed by atoms with E-state index >= 15 is 0 Å². The van der Waals surface area contributed by atoms with Crippen molar-refractivity contribution >= 4 is 45.8 Å². The van der Waals surface area contributed by atoms with Crippen molar-refractivity contribution in [1.29, 1.82) is 0 Å². The Morgan fingerprint density at radius 3 is 2.47 bits per heavy atom. The molecule has 0 aliphatic heterocycles. The van der Waals surface area contributed by atoms with Crippen LogP contribution in [0.3, 0.4) is 0 Å². The van der Waals surface area contributed by atoms with Crippen LogP contribution >= 0.6 is 22.9 Å². The molecular weight excluding hydrogens is 534 g/mol. The van der Waals surface area contributed by atoms with Crippen LogP contribution in [0.5, 0.6) is 0 Å². The SMILES string of the molecule is CCOC(=O)c1sc(NC(=O)c2ccc(Cn3nc(C(F)F)c(Cl)c3C(F)F)o2)c(C(=O)OC)c1C. The first kappa shape index (κ1) is 27.2. The van der Waals surface area contributed by atoms with Crippen LogP contribution in [0.2, 0.25) is 5.02 Å². The van der Waals surface area contributed by atoms with E-state index in [0.29, 0.717) is 4.68 Å². The summed E-state index contributed by atoms with van der Waals surface area (Å²) in [6.45, 7) is 2.67. The Hall–Kier alpha value is -3.39. The summed E-state index contributed by atoms with van der Waals surface area (Å²) in [4.78, 5) is 37.3. The Bertz CT molecular complexity index is 1300. The van der Waals surface area contributed by atoms with Crippen molar-refractivity contribution < 1.29 is 45.8 Å². The van der Waals surface area contributed by atoms with Gasteiger partial charge in [0.1, 0.15) is 27.0 Å². The summed E-state index contributed by atoms with van der Waals surface area (Å²) in [6, 6.07) is 2.46. The third-order valence-corrected chi connectivity index (χ3v) is 6.36. The van der Waals surface area contributed by atoms with Gasteiger partial charge < -0.3 is 19.2 Å². The monoisotopic (exact) mass is 551 g/mol. The van der Waals surface area contributed by atoms with E-state index in [1.165, 1.54) is 19.1 Å². The number of hydrogen-bond acceptors (Lipinski definition) is 8. The summed E-state index contributed by atoms with van der Waals surface area (Å²) >= 11 is 6.42. The molecule has 0 atom stereocenters. The van der Waals surface area contributed by atoms with E-state index in [-0.39, 0.29) is 39.1 Å². The normalized spacial score (nSPS) is 11.3. The third-order valence-electron chi connectivity index (χ3n) is 4.78. The number of aromatic nitrogens is 2. The smallest absolute Gasteiger partial charge is 0.348 e. The summed E-state index contributed by atoms with van der Waals surface area (Å²) in [7, 11) is 1.13. The zero-order valence-electron chi connectivity index (χ0n) is 18.9. The molecule has 0 saturated heterocycles. The molecule has 3 aromatic heterocycles. The van der Waals surface area contributed by atoms with E-state index in [9.17, 15) is 31.9 Å². The molecule has 9 nitrogen and oxygen atoms in total. The number of rotatable bonds is 9. The van der Waals surface area contributed by atoms with Crippen molar-refractivity contribution in [3.05, 3.63) is 56.1 Å². The first-order valence-corrected chi connectivity index (χ1v) is 11.3. The number of amides is 1. The molecule has 0 fully saturated rings. The number of ether oxygens (including phenoxy) is 2. The third kappa shape index (κ3) is 5.38. The average Bonchev–Trinajstić information content (AvgIpc) is 3.49. The number of halogens is 5. The second kappa shape index (κ2) is 11.1. The van der Waals surface area contributed by atoms with Crippen LogP contribution < -0.4 is 5.32 Å². The number of carbonyl (C=O) groups is 3. The predicted molar refractivity (Wildman–Crippen MR) is 119 cm³/mol. The van der Waals surface area contributed by atoms with Crippen molar-refractivity contribution in [3.63, 3.8) is 0 Å². The van der Waals surface area contributed by atoms with E-state index in [1.807, 2.05) is 0 Å². The number of anilines is 1. The summed E-state index contributed by atoms with van der Waals surface area (Å²) in [6.07, 6.45) is -6.37. The van der Waals surface area contributed by atoms with Gasteiger partial charge >= 0.3 is 11.9 Å². The molecule has 0 saturated carbocycles. The van der Waals surface area contributed by atoms with Gasteiger partial charge in [0.2, 0.25) is 0 Å². The van der Waals surface area contributed by atoms with E-state index < -0.39 is 53.7 Å². The van der Waals surface area contributed by atoms with Crippen LogP contribution in [0.15, 0.2) is 16.5 Å². The maximum atomic E-state index is 13.4. The number of thiophene rings is 1. The maximum Gasteiger partial charge on any atom is 0.348 e. The van der Waals surface area contributed by atoms with E-state index in [0.717, 1.165) is 18.4 Å². The molecule has 3 rings (SSSR count). The minimum Gasteiger partial charge on any atom is -0.465 e. The van der Waals surface area contributed by atoms with Crippen molar-refractivity contribution in [2.75, 3.05) is 19.0 Å². The standard InChI is InChI=1S/C21H18ClF4N3O6S/c1-4-34-21(32)15-8(2)11(20(31)33-3)19(36-15)27-18(30)10-6-5-9(35-10)7-29-14(17(25)26)12(22)13(28-29)16(23)24/h5-6,16-17H,4,7H2,1-3H3,(H,27,30). The van der Waals surface area contributed by atoms with Gasteiger partial charge in [0.25, 0.3) is 18.8 Å². The van der Waals surface area contributed by atoms with Gasteiger partial charge in [-0.1, -0.05) is 11.6 Å². The zero-order chi connectivity index (χ0) is 26.7. The van der Waals surface area contributed by atoms with Crippen LogP contribution in [0, 0.1) is 6.92 Å². The van der Waals surface area contributed by atoms with E-state index in [2.05, 4.69) is 10.4 Å². The summed E-state index contributed by atoms with van der Waals surface area (Å²) < 4.78 is 68.4. The number of carbonyl (C=O) groups excluding carboxylic acids is 3. The fourth-order valence-electron chi connectivity index (χ4n) is 3.18. The molecule has 0 aliphatic carbocycles. The zero-order valence-corrected chi connectivity index (χ0v) is 20.4. The molecule has 0 unspecified atom stereocenters. The maximum absolute atomic E-state index is 13.4. The fourth-order valence-corrected chi connectivity index (χ4v) is 4.56. The summed E-state index contributed by atoms with van der Waals surface area (Å²) in [5.41, 5.74) is -1.74.